The highest BCUT2D eigenvalue weighted by Crippen LogP contribution is 2.06. The number of anilines is 2. The second kappa shape index (κ2) is 8.14. The van der Waals surface area contributed by atoms with Crippen molar-refractivity contribution in [2.75, 3.05) is 23.7 Å². The van der Waals surface area contributed by atoms with Gasteiger partial charge in [0.15, 0.2) is 5.82 Å². The second-order valence-corrected chi connectivity index (χ2v) is 4.75. The lowest BCUT2D eigenvalue weighted by Crippen LogP contribution is -2.10. The molecule has 0 bridgehead atoms. The van der Waals surface area contributed by atoms with Crippen LogP contribution in [-0.4, -0.2) is 28.3 Å². The summed E-state index contributed by atoms with van der Waals surface area (Å²) in [6, 6.07) is 6.51. The molecule has 0 amide bonds. The summed E-state index contributed by atoms with van der Waals surface area (Å²) in [7, 11) is 0. The number of hydrogen-bond donors (Lipinski definition) is 2. The maximum atomic E-state index is 12.8. The smallest absolute Gasteiger partial charge is 0.244 e. The van der Waals surface area contributed by atoms with Crippen LogP contribution in [0.2, 0.25) is 0 Å². The number of halogens is 1. The number of hydrogen-bond acceptors (Lipinski definition) is 5. The highest BCUT2D eigenvalue weighted by molar-refractivity contribution is 5.37. The minimum Gasteiger partial charge on any atom is -0.368 e. The monoisotopic (exact) mass is 289 g/mol. The van der Waals surface area contributed by atoms with E-state index in [-0.39, 0.29) is 5.82 Å². The molecule has 0 atom stereocenters. The van der Waals surface area contributed by atoms with Gasteiger partial charge in [0.1, 0.15) is 5.82 Å². The molecule has 0 aliphatic rings. The quantitative estimate of drug-likeness (QED) is 0.732. The average molecular weight is 289 g/mol. The van der Waals surface area contributed by atoms with Crippen LogP contribution in [0.1, 0.15) is 25.3 Å². The van der Waals surface area contributed by atoms with E-state index < -0.39 is 0 Å². The predicted molar refractivity (Wildman–Crippen MR) is 81.8 cm³/mol. The van der Waals surface area contributed by atoms with Crippen molar-refractivity contribution in [1.82, 2.24) is 15.2 Å². The first-order valence-corrected chi connectivity index (χ1v) is 7.20. The Bertz CT molecular complexity index is 544. The Morgan fingerprint density at radius 3 is 2.67 bits per heavy atom. The van der Waals surface area contributed by atoms with Gasteiger partial charge in [-0.15, -0.1) is 5.10 Å². The fourth-order valence-corrected chi connectivity index (χ4v) is 1.83. The predicted octanol–water partition coefficient (Wildman–Crippen LogP) is 2.88. The van der Waals surface area contributed by atoms with E-state index in [4.69, 9.17) is 0 Å². The van der Waals surface area contributed by atoms with Crippen molar-refractivity contribution in [3.63, 3.8) is 0 Å². The third kappa shape index (κ3) is 5.33. The minimum absolute atomic E-state index is 0.213. The summed E-state index contributed by atoms with van der Waals surface area (Å²) in [5, 5.41) is 14.2. The number of aromatic nitrogens is 3. The van der Waals surface area contributed by atoms with E-state index in [1.165, 1.54) is 12.1 Å². The Morgan fingerprint density at radius 1 is 1.10 bits per heavy atom. The molecule has 0 fully saturated rings. The summed E-state index contributed by atoms with van der Waals surface area (Å²) in [4.78, 5) is 4.33. The molecule has 1 aromatic carbocycles. The number of unbranched alkanes of at least 4 members (excludes halogenated alkanes) is 1. The Balaban J connectivity index is 1.79. The molecule has 2 rings (SSSR count). The van der Waals surface area contributed by atoms with Crippen molar-refractivity contribution in [3.05, 3.63) is 41.8 Å². The van der Waals surface area contributed by atoms with Crippen LogP contribution in [-0.2, 0) is 6.42 Å². The van der Waals surface area contributed by atoms with Crippen molar-refractivity contribution in [1.29, 1.82) is 0 Å². The minimum atomic E-state index is -0.213. The van der Waals surface area contributed by atoms with E-state index in [2.05, 4.69) is 32.7 Å². The molecule has 0 radical (unpaired) electrons. The first-order chi connectivity index (χ1) is 10.3. The summed E-state index contributed by atoms with van der Waals surface area (Å²) < 4.78 is 12.8. The Morgan fingerprint density at radius 2 is 1.90 bits per heavy atom. The molecule has 2 N–H and O–H groups in total. The van der Waals surface area contributed by atoms with Crippen LogP contribution in [0.25, 0.3) is 0 Å². The Kier molecular flexibility index (Phi) is 5.87. The van der Waals surface area contributed by atoms with Crippen molar-refractivity contribution in [2.45, 2.75) is 26.2 Å². The highest BCUT2D eigenvalue weighted by atomic mass is 19.1. The van der Waals surface area contributed by atoms with E-state index in [0.29, 0.717) is 18.3 Å². The van der Waals surface area contributed by atoms with Gasteiger partial charge in [0.05, 0.1) is 6.20 Å². The number of nitrogens with one attached hydrogen (secondary N) is 2. The van der Waals surface area contributed by atoms with Gasteiger partial charge in [0.25, 0.3) is 0 Å². The Labute approximate surface area is 124 Å². The lowest BCUT2D eigenvalue weighted by molar-refractivity contribution is 0.627. The lowest BCUT2D eigenvalue weighted by Gasteiger charge is -2.07. The van der Waals surface area contributed by atoms with Crippen LogP contribution >= 0.6 is 0 Å². The molecule has 6 heteroatoms. The van der Waals surface area contributed by atoms with Crippen LogP contribution in [0.4, 0.5) is 16.2 Å². The normalized spacial score (nSPS) is 10.4. The maximum absolute atomic E-state index is 12.8. The topological polar surface area (TPSA) is 62.7 Å². The van der Waals surface area contributed by atoms with Crippen molar-refractivity contribution >= 4 is 11.8 Å². The molecular weight excluding hydrogens is 269 g/mol. The summed E-state index contributed by atoms with van der Waals surface area (Å²) in [5.74, 6) is 1.01. The summed E-state index contributed by atoms with van der Waals surface area (Å²) >= 11 is 0. The van der Waals surface area contributed by atoms with Gasteiger partial charge < -0.3 is 10.6 Å². The maximum Gasteiger partial charge on any atom is 0.244 e. The van der Waals surface area contributed by atoms with Crippen molar-refractivity contribution in [3.8, 4) is 0 Å². The number of rotatable bonds is 8. The van der Waals surface area contributed by atoms with Crippen LogP contribution in [0, 0.1) is 5.82 Å². The molecule has 112 valence electrons. The van der Waals surface area contributed by atoms with Crippen LogP contribution in [0.5, 0.6) is 0 Å². The first-order valence-electron chi connectivity index (χ1n) is 7.20. The summed E-state index contributed by atoms with van der Waals surface area (Å²) in [5.41, 5.74) is 1.08. The van der Waals surface area contributed by atoms with E-state index in [1.54, 1.807) is 18.3 Å². The van der Waals surface area contributed by atoms with E-state index in [0.717, 1.165) is 31.4 Å². The lowest BCUT2D eigenvalue weighted by atomic mass is 10.1. The zero-order valence-corrected chi connectivity index (χ0v) is 12.1. The van der Waals surface area contributed by atoms with Gasteiger partial charge >= 0.3 is 0 Å². The molecule has 0 saturated carbocycles. The molecule has 0 aliphatic carbocycles. The molecule has 21 heavy (non-hydrogen) atoms. The second-order valence-electron chi connectivity index (χ2n) is 4.75. The molecule has 2 aromatic rings. The molecule has 0 unspecified atom stereocenters. The largest absolute Gasteiger partial charge is 0.368 e. The van der Waals surface area contributed by atoms with Gasteiger partial charge in [0, 0.05) is 13.1 Å². The summed E-state index contributed by atoms with van der Waals surface area (Å²) in [6.07, 6.45) is 4.58. The standard InChI is InChI=1S/C15H20FN5/c1-2-3-9-18-15-20-14(11-19-21-15)17-10-8-12-4-6-13(16)7-5-12/h4-7,11H,2-3,8-10H2,1H3,(H2,17,18,20,21). The van der Waals surface area contributed by atoms with E-state index in [1.807, 2.05) is 0 Å². The molecule has 1 aromatic heterocycles. The number of benzene rings is 1. The van der Waals surface area contributed by atoms with E-state index >= 15 is 0 Å². The molecule has 0 aliphatic heterocycles. The summed E-state index contributed by atoms with van der Waals surface area (Å²) in [6.45, 7) is 3.68. The van der Waals surface area contributed by atoms with Gasteiger partial charge in [-0.25, -0.2) is 4.39 Å². The van der Waals surface area contributed by atoms with Gasteiger partial charge in [-0.05, 0) is 30.5 Å². The Hall–Kier alpha value is -2.24. The third-order valence-corrected chi connectivity index (χ3v) is 3.01. The molecule has 1 heterocycles. The fourth-order valence-electron chi connectivity index (χ4n) is 1.83. The molecule has 5 nitrogen and oxygen atoms in total. The zero-order chi connectivity index (χ0) is 14.9. The SMILES string of the molecule is CCCCNc1nncc(NCCc2ccc(F)cc2)n1. The van der Waals surface area contributed by atoms with Crippen molar-refractivity contribution < 1.29 is 4.39 Å². The average Bonchev–Trinajstić information content (AvgIpc) is 2.50. The van der Waals surface area contributed by atoms with Gasteiger partial charge in [0.2, 0.25) is 5.95 Å². The highest BCUT2D eigenvalue weighted by Gasteiger charge is 2.00. The van der Waals surface area contributed by atoms with Gasteiger partial charge in [-0.3, -0.25) is 0 Å². The van der Waals surface area contributed by atoms with Gasteiger partial charge in [-0.1, -0.05) is 25.5 Å². The van der Waals surface area contributed by atoms with Crippen LogP contribution in [0.15, 0.2) is 30.5 Å². The number of nitrogens with zero attached hydrogens (tertiary/aromatic N) is 3. The van der Waals surface area contributed by atoms with E-state index in [9.17, 15) is 4.39 Å². The van der Waals surface area contributed by atoms with Crippen LogP contribution < -0.4 is 10.6 Å². The molecular formula is C15H20FN5. The first kappa shape index (κ1) is 15.2. The van der Waals surface area contributed by atoms with Crippen LogP contribution in [0.3, 0.4) is 0 Å². The molecule has 0 spiro atoms. The molecule has 0 saturated heterocycles. The third-order valence-electron chi connectivity index (χ3n) is 3.01. The zero-order valence-electron chi connectivity index (χ0n) is 12.1. The van der Waals surface area contributed by atoms with Crippen molar-refractivity contribution in [2.24, 2.45) is 0 Å². The fraction of sp³-hybridized carbons (Fsp3) is 0.400. The van der Waals surface area contributed by atoms with Gasteiger partial charge in [-0.2, -0.15) is 10.1 Å².